The molecule has 90 valence electrons. The topological polar surface area (TPSA) is 51.1 Å². The van der Waals surface area contributed by atoms with Crippen molar-refractivity contribution in [3.05, 3.63) is 18.0 Å². The molecule has 2 N–H and O–H groups in total. The van der Waals surface area contributed by atoms with Gasteiger partial charge in [0.25, 0.3) is 0 Å². The molecular weight excluding hydrogens is 224 g/mol. The van der Waals surface area contributed by atoms with Gasteiger partial charge in [-0.3, -0.25) is 4.68 Å². The third-order valence-corrected chi connectivity index (χ3v) is 2.26. The number of aromatic nitrogens is 2. The summed E-state index contributed by atoms with van der Waals surface area (Å²) in [7, 11) is 3.56. The fourth-order valence-electron chi connectivity index (χ4n) is 1.29. The molecule has 5 nitrogen and oxygen atoms in total. The molecule has 16 heavy (non-hydrogen) atoms. The van der Waals surface area contributed by atoms with Crippen molar-refractivity contribution in [2.75, 3.05) is 13.7 Å². The average molecular weight is 242 g/mol. The number of hydrogen-bond donors (Lipinski definition) is 2. The maximum Gasteiger partial charge on any atom is 0.166 e. The van der Waals surface area contributed by atoms with Gasteiger partial charge in [0.2, 0.25) is 0 Å². The normalized spacial score (nSPS) is 12.2. The maximum atomic E-state index is 5.14. The molecule has 0 fully saturated rings. The molecule has 0 radical (unpaired) electrons. The molecular formula is C10H18N4OS. The van der Waals surface area contributed by atoms with Crippen molar-refractivity contribution in [3.63, 3.8) is 0 Å². The predicted octanol–water partition coefficient (Wildman–Crippen LogP) is 0.419. The van der Waals surface area contributed by atoms with Crippen LogP contribution in [0.1, 0.15) is 12.6 Å². The Hall–Kier alpha value is -1.14. The second-order valence-electron chi connectivity index (χ2n) is 3.66. The summed E-state index contributed by atoms with van der Waals surface area (Å²) in [5.74, 6) is 0. The molecule has 1 atom stereocenters. The van der Waals surface area contributed by atoms with Gasteiger partial charge in [0, 0.05) is 26.4 Å². The van der Waals surface area contributed by atoms with Gasteiger partial charge in [-0.1, -0.05) is 0 Å². The third kappa shape index (κ3) is 4.59. The zero-order chi connectivity index (χ0) is 12.0. The van der Waals surface area contributed by atoms with E-state index in [1.54, 1.807) is 11.8 Å². The Bertz CT molecular complexity index is 339. The number of ether oxygens (including phenoxy) is 1. The molecule has 1 rings (SSSR count). The largest absolute Gasteiger partial charge is 0.383 e. The van der Waals surface area contributed by atoms with Gasteiger partial charge >= 0.3 is 0 Å². The van der Waals surface area contributed by atoms with Gasteiger partial charge in [-0.2, -0.15) is 5.10 Å². The molecule has 0 spiro atoms. The summed E-state index contributed by atoms with van der Waals surface area (Å²) < 4.78 is 6.77. The van der Waals surface area contributed by atoms with Crippen molar-refractivity contribution in [3.8, 4) is 0 Å². The average Bonchev–Trinajstić information content (AvgIpc) is 2.61. The SMILES string of the molecule is COCC(C)NC(=S)NCc1ccn(C)n1. The number of nitrogens with zero attached hydrogens (tertiary/aromatic N) is 2. The maximum absolute atomic E-state index is 5.14. The molecule has 1 aromatic heterocycles. The first-order chi connectivity index (χ1) is 7.61. The van der Waals surface area contributed by atoms with E-state index in [2.05, 4.69) is 15.7 Å². The van der Waals surface area contributed by atoms with E-state index in [4.69, 9.17) is 17.0 Å². The Morgan fingerprint density at radius 3 is 3.00 bits per heavy atom. The number of nitrogens with one attached hydrogen (secondary N) is 2. The van der Waals surface area contributed by atoms with Crippen molar-refractivity contribution in [2.24, 2.45) is 7.05 Å². The number of aryl methyl sites for hydroxylation is 1. The minimum atomic E-state index is 0.203. The van der Waals surface area contributed by atoms with Crippen molar-refractivity contribution >= 4 is 17.3 Å². The van der Waals surface area contributed by atoms with E-state index in [9.17, 15) is 0 Å². The Labute approximate surface area is 101 Å². The number of hydrogen-bond acceptors (Lipinski definition) is 3. The highest BCUT2D eigenvalue weighted by atomic mass is 32.1. The van der Waals surface area contributed by atoms with Crippen LogP contribution in [0.2, 0.25) is 0 Å². The van der Waals surface area contributed by atoms with E-state index in [0.29, 0.717) is 18.3 Å². The van der Waals surface area contributed by atoms with Crippen molar-refractivity contribution in [2.45, 2.75) is 19.5 Å². The van der Waals surface area contributed by atoms with Crippen LogP contribution in [0.5, 0.6) is 0 Å². The zero-order valence-corrected chi connectivity index (χ0v) is 10.7. The molecule has 6 heteroatoms. The van der Waals surface area contributed by atoms with Crippen LogP contribution in [0.3, 0.4) is 0 Å². The Balaban J connectivity index is 2.25. The van der Waals surface area contributed by atoms with E-state index < -0.39 is 0 Å². The molecule has 0 saturated carbocycles. The van der Waals surface area contributed by atoms with Crippen LogP contribution in [-0.2, 0) is 18.3 Å². The summed E-state index contributed by atoms with van der Waals surface area (Å²) in [6.45, 7) is 3.27. The van der Waals surface area contributed by atoms with E-state index >= 15 is 0 Å². The number of rotatable bonds is 5. The highest BCUT2D eigenvalue weighted by Crippen LogP contribution is 1.92. The van der Waals surface area contributed by atoms with Gasteiger partial charge in [-0.15, -0.1) is 0 Å². The minimum Gasteiger partial charge on any atom is -0.383 e. The van der Waals surface area contributed by atoms with Crippen molar-refractivity contribution in [1.29, 1.82) is 0 Å². The minimum absolute atomic E-state index is 0.203. The second kappa shape index (κ2) is 6.44. The summed E-state index contributed by atoms with van der Waals surface area (Å²) in [6, 6.07) is 2.16. The lowest BCUT2D eigenvalue weighted by atomic mass is 10.4. The quantitative estimate of drug-likeness (QED) is 0.733. The molecule has 0 aliphatic carbocycles. The van der Waals surface area contributed by atoms with E-state index in [1.807, 2.05) is 26.2 Å². The lowest BCUT2D eigenvalue weighted by molar-refractivity contribution is 0.179. The molecule has 0 aliphatic heterocycles. The molecule has 1 heterocycles. The van der Waals surface area contributed by atoms with Crippen LogP contribution in [0, 0.1) is 0 Å². The van der Waals surface area contributed by atoms with Crippen LogP contribution < -0.4 is 10.6 Å². The van der Waals surface area contributed by atoms with Gasteiger partial charge in [0.15, 0.2) is 5.11 Å². The van der Waals surface area contributed by atoms with E-state index in [1.165, 1.54) is 0 Å². The molecule has 0 bridgehead atoms. The number of thiocarbonyl (C=S) groups is 1. The summed E-state index contributed by atoms with van der Waals surface area (Å²) in [4.78, 5) is 0. The van der Waals surface area contributed by atoms with E-state index in [-0.39, 0.29) is 6.04 Å². The molecule has 0 aromatic carbocycles. The zero-order valence-electron chi connectivity index (χ0n) is 9.86. The molecule has 1 unspecified atom stereocenters. The summed E-state index contributed by atoms with van der Waals surface area (Å²) in [5.41, 5.74) is 0.964. The van der Waals surface area contributed by atoms with Crippen molar-refractivity contribution < 1.29 is 4.74 Å². The van der Waals surface area contributed by atoms with Gasteiger partial charge in [-0.25, -0.2) is 0 Å². The first kappa shape index (κ1) is 12.9. The smallest absolute Gasteiger partial charge is 0.166 e. The standard InChI is InChI=1S/C10H18N4OS/c1-8(7-15-3)12-10(16)11-6-9-4-5-14(2)13-9/h4-5,8H,6-7H2,1-3H3,(H2,11,12,16). The van der Waals surface area contributed by atoms with Gasteiger partial charge in [0.1, 0.15) is 0 Å². The van der Waals surface area contributed by atoms with Crippen LogP contribution in [-0.4, -0.2) is 34.7 Å². The summed E-state index contributed by atoms with van der Waals surface area (Å²) >= 11 is 5.14. The Morgan fingerprint density at radius 2 is 2.44 bits per heavy atom. The third-order valence-electron chi connectivity index (χ3n) is 1.99. The second-order valence-corrected chi connectivity index (χ2v) is 4.07. The first-order valence-electron chi connectivity index (χ1n) is 5.13. The van der Waals surface area contributed by atoms with Crippen LogP contribution in [0.4, 0.5) is 0 Å². The molecule has 0 amide bonds. The van der Waals surface area contributed by atoms with Crippen LogP contribution >= 0.6 is 12.2 Å². The summed E-state index contributed by atoms with van der Waals surface area (Å²) in [5, 5.41) is 11.1. The fraction of sp³-hybridized carbons (Fsp3) is 0.600. The first-order valence-corrected chi connectivity index (χ1v) is 5.54. The van der Waals surface area contributed by atoms with Crippen molar-refractivity contribution in [1.82, 2.24) is 20.4 Å². The molecule has 1 aromatic rings. The van der Waals surface area contributed by atoms with Gasteiger partial charge in [0.05, 0.1) is 18.8 Å². The van der Waals surface area contributed by atoms with E-state index in [0.717, 1.165) is 5.69 Å². The van der Waals surface area contributed by atoms with Crippen LogP contribution in [0.15, 0.2) is 12.3 Å². The Kier molecular flexibility index (Phi) is 5.21. The molecule has 0 saturated heterocycles. The number of methoxy groups -OCH3 is 1. The lowest BCUT2D eigenvalue weighted by Crippen LogP contribution is -2.42. The fourth-order valence-corrected chi connectivity index (χ4v) is 1.57. The lowest BCUT2D eigenvalue weighted by Gasteiger charge is -2.15. The molecule has 0 aliphatic rings. The Morgan fingerprint density at radius 1 is 1.69 bits per heavy atom. The summed E-state index contributed by atoms with van der Waals surface area (Å²) in [6.07, 6.45) is 1.90. The highest BCUT2D eigenvalue weighted by molar-refractivity contribution is 7.80. The predicted molar refractivity (Wildman–Crippen MR) is 67.1 cm³/mol. The van der Waals surface area contributed by atoms with Crippen LogP contribution in [0.25, 0.3) is 0 Å². The van der Waals surface area contributed by atoms with Gasteiger partial charge in [-0.05, 0) is 25.2 Å². The van der Waals surface area contributed by atoms with Gasteiger partial charge < -0.3 is 15.4 Å². The highest BCUT2D eigenvalue weighted by Gasteiger charge is 2.03. The monoisotopic (exact) mass is 242 g/mol.